The molecule has 1 saturated heterocycles. The molecular weight excluding hydrogens is 322 g/mol. The number of benzene rings is 1. The summed E-state index contributed by atoms with van der Waals surface area (Å²) in [5.41, 5.74) is 12.7. The Kier molecular flexibility index (Phi) is 4.86. The smallest absolute Gasteiger partial charge is 0.400 e. The molecule has 1 aliphatic heterocycles. The van der Waals surface area contributed by atoms with Crippen LogP contribution < -0.4 is 11.5 Å². The highest BCUT2D eigenvalue weighted by Crippen LogP contribution is 2.39. The van der Waals surface area contributed by atoms with Crippen LogP contribution in [0.5, 0.6) is 0 Å². The highest BCUT2D eigenvalue weighted by atomic mass is 35.5. The van der Waals surface area contributed by atoms with Gasteiger partial charge in [-0.3, -0.25) is 0 Å². The largest absolute Gasteiger partial charge is 0.491 e. The molecule has 0 spiro atoms. The monoisotopic (exact) mass is 342 g/mol. The summed E-state index contributed by atoms with van der Waals surface area (Å²) < 4.78 is 12.0. The fraction of sp³-hybridized carbons (Fsp3) is 0.467. The minimum atomic E-state index is -0.512. The number of nitrogens with two attached hydrogens (primary N) is 2. The molecule has 1 aromatic rings. The number of halogens is 2. The van der Waals surface area contributed by atoms with Gasteiger partial charge in [0.1, 0.15) is 0 Å². The third-order valence-electron chi connectivity index (χ3n) is 4.25. The Morgan fingerprint density at radius 3 is 2.18 bits per heavy atom. The van der Waals surface area contributed by atoms with E-state index in [-0.39, 0.29) is 6.54 Å². The van der Waals surface area contributed by atoms with Crippen LogP contribution >= 0.6 is 23.2 Å². The Hall–Kier alpha value is -0.715. The molecule has 22 heavy (non-hydrogen) atoms. The number of anilines is 1. The summed E-state index contributed by atoms with van der Waals surface area (Å²) in [5, 5.41) is 0.949. The van der Waals surface area contributed by atoms with Crippen LogP contribution in [0.2, 0.25) is 10.0 Å². The second-order valence-electron chi connectivity index (χ2n) is 6.41. The molecule has 1 heterocycles. The normalized spacial score (nSPS) is 20.5. The maximum Gasteiger partial charge on any atom is 0.491 e. The van der Waals surface area contributed by atoms with Crippen LogP contribution in [0.15, 0.2) is 17.6 Å². The third-order valence-corrected chi connectivity index (χ3v) is 4.90. The van der Waals surface area contributed by atoms with Gasteiger partial charge in [0, 0.05) is 11.6 Å². The Morgan fingerprint density at radius 1 is 1.14 bits per heavy atom. The molecule has 2 rings (SSSR count). The van der Waals surface area contributed by atoms with Gasteiger partial charge >= 0.3 is 7.12 Å². The van der Waals surface area contributed by atoms with Crippen molar-refractivity contribution < 1.29 is 9.31 Å². The molecule has 120 valence electrons. The van der Waals surface area contributed by atoms with Crippen molar-refractivity contribution >= 4 is 42.1 Å². The molecule has 1 aliphatic rings. The van der Waals surface area contributed by atoms with Crippen molar-refractivity contribution in [1.82, 2.24) is 0 Å². The minimum absolute atomic E-state index is 0.287. The van der Waals surface area contributed by atoms with Gasteiger partial charge in [-0.25, -0.2) is 0 Å². The lowest BCUT2D eigenvalue weighted by molar-refractivity contribution is 0.00578. The SMILES string of the molecule is CC1(C)OB(C(=Cc2cc(Cl)c(N)cc2Cl)CN)OC1(C)C. The molecule has 0 radical (unpaired) electrons. The van der Waals surface area contributed by atoms with Crippen molar-refractivity contribution in [3.63, 3.8) is 0 Å². The second-order valence-corrected chi connectivity index (χ2v) is 7.22. The van der Waals surface area contributed by atoms with Gasteiger partial charge in [0.2, 0.25) is 0 Å². The van der Waals surface area contributed by atoms with Crippen molar-refractivity contribution in [2.45, 2.75) is 38.9 Å². The first-order valence-corrected chi connectivity index (χ1v) is 7.83. The highest BCUT2D eigenvalue weighted by molar-refractivity contribution is 6.56. The number of hydrogen-bond acceptors (Lipinski definition) is 4. The highest BCUT2D eigenvalue weighted by Gasteiger charge is 2.52. The van der Waals surface area contributed by atoms with E-state index in [2.05, 4.69) is 0 Å². The van der Waals surface area contributed by atoms with Crippen molar-refractivity contribution in [2.24, 2.45) is 5.73 Å². The molecule has 0 amide bonds. The molecule has 1 aromatic carbocycles. The van der Waals surface area contributed by atoms with Crippen LogP contribution in [0.1, 0.15) is 33.3 Å². The molecule has 0 bridgehead atoms. The second kappa shape index (κ2) is 6.06. The first-order chi connectivity index (χ1) is 10.1. The van der Waals surface area contributed by atoms with Gasteiger partial charge in [0.05, 0.1) is 21.9 Å². The zero-order valence-electron chi connectivity index (χ0n) is 13.2. The average molecular weight is 343 g/mol. The van der Waals surface area contributed by atoms with E-state index in [1.165, 1.54) is 0 Å². The van der Waals surface area contributed by atoms with Crippen molar-refractivity contribution in [3.8, 4) is 0 Å². The van der Waals surface area contributed by atoms with E-state index in [0.717, 1.165) is 11.0 Å². The third kappa shape index (κ3) is 3.29. The van der Waals surface area contributed by atoms with Crippen LogP contribution in [0.4, 0.5) is 5.69 Å². The zero-order valence-corrected chi connectivity index (χ0v) is 14.8. The van der Waals surface area contributed by atoms with Gasteiger partial charge in [-0.2, -0.15) is 0 Å². The van der Waals surface area contributed by atoms with E-state index in [1.807, 2.05) is 33.8 Å². The van der Waals surface area contributed by atoms with Gasteiger partial charge in [-0.15, -0.1) is 0 Å². The summed E-state index contributed by atoms with van der Waals surface area (Å²) >= 11 is 12.3. The van der Waals surface area contributed by atoms with Crippen molar-refractivity contribution in [1.29, 1.82) is 0 Å². The standard InChI is InChI=1S/C15H21BCl2N2O2/c1-14(2)15(3,4)22-16(21-14)10(8-19)5-9-6-12(18)13(20)7-11(9)17/h5-7H,8,19-20H2,1-4H3. The number of nitrogen functional groups attached to an aromatic ring is 1. The molecule has 4 N–H and O–H groups in total. The van der Waals surface area contributed by atoms with Gasteiger partial charge in [-0.1, -0.05) is 29.3 Å². The predicted molar refractivity (Wildman–Crippen MR) is 94.0 cm³/mol. The Morgan fingerprint density at radius 2 is 1.68 bits per heavy atom. The van der Waals surface area contributed by atoms with Crippen LogP contribution in [-0.4, -0.2) is 24.9 Å². The van der Waals surface area contributed by atoms with Crippen molar-refractivity contribution in [2.75, 3.05) is 12.3 Å². The maximum absolute atomic E-state index is 6.22. The van der Waals surface area contributed by atoms with Crippen molar-refractivity contribution in [3.05, 3.63) is 33.2 Å². The zero-order chi connectivity index (χ0) is 16.7. The van der Waals surface area contributed by atoms with E-state index >= 15 is 0 Å². The van der Waals surface area contributed by atoms with Crippen LogP contribution in [0.3, 0.4) is 0 Å². The topological polar surface area (TPSA) is 70.5 Å². The summed E-state index contributed by atoms with van der Waals surface area (Å²) in [6.07, 6.45) is 1.84. The fourth-order valence-electron chi connectivity index (χ4n) is 2.11. The molecule has 0 aliphatic carbocycles. The molecule has 4 nitrogen and oxygen atoms in total. The van der Waals surface area contributed by atoms with Crippen LogP contribution in [-0.2, 0) is 9.31 Å². The lowest BCUT2D eigenvalue weighted by Gasteiger charge is -2.32. The van der Waals surface area contributed by atoms with E-state index < -0.39 is 18.3 Å². The van der Waals surface area contributed by atoms with Crippen LogP contribution in [0.25, 0.3) is 6.08 Å². The van der Waals surface area contributed by atoms with E-state index in [0.29, 0.717) is 15.7 Å². The number of hydrogen-bond donors (Lipinski definition) is 2. The lowest BCUT2D eigenvalue weighted by atomic mass is 9.77. The Balaban J connectivity index is 2.36. The summed E-state index contributed by atoms with van der Waals surface area (Å²) in [4.78, 5) is 0. The molecule has 0 unspecified atom stereocenters. The summed E-state index contributed by atoms with van der Waals surface area (Å²) in [6.45, 7) is 8.26. The summed E-state index contributed by atoms with van der Waals surface area (Å²) in [6, 6.07) is 3.33. The van der Waals surface area contributed by atoms with Crippen LogP contribution in [0, 0.1) is 0 Å². The summed E-state index contributed by atoms with van der Waals surface area (Å²) in [7, 11) is -0.512. The van der Waals surface area contributed by atoms with Gasteiger partial charge in [0.15, 0.2) is 0 Å². The predicted octanol–water partition coefficient (Wildman–Crippen LogP) is 3.55. The maximum atomic E-state index is 6.22. The molecule has 0 aromatic heterocycles. The minimum Gasteiger partial charge on any atom is -0.400 e. The number of rotatable bonds is 3. The first kappa shape index (κ1) is 17.6. The van der Waals surface area contributed by atoms with E-state index in [4.69, 9.17) is 44.0 Å². The van der Waals surface area contributed by atoms with E-state index in [9.17, 15) is 0 Å². The van der Waals surface area contributed by atoms with E-state index in [1.54, 1.807) is 12.1 Å². The lowest BCUT2D eigenvalue weighted by Crippen LogP contribution is -2.41. The quantitative estimate of drug-likeness (QED) is 0.651. The fourth-order valence-corrected chi connectivity index (χ4v) is 2.50. The molecular formula is C15H21BCl2N2O2. The first-order valence-electron chi connectivity index (χ1n) is 7.08. The molecule has 7 heteroatoms. The molecule has 0 atom stereocenters. The summed E-state index contributed by atoms with van der Waals surface area (Å²) in [5.74, 6) is 0. The average Bonchev–Trinajstić information content (AvgIpc) is 2.61. The van der Waals surface area contributed by atoms with Gasteiger partial charge < -0.3 is 20.8 Å². The molecule has 0 saturated carbocycles. The van der Waals surface area contributed by atoms with Gasteiger partial charge in [-0.05, 0) is 50.9 Å². The Labute approximate surface area is 141 Å². The van der Waals surface area contributed by atoms with Gasteiger partial charge in [0.25, 0.3) is 0 Å². The Bertz CT molecular complexity index is 602. The molecule has 1 fully saturated rings.